The second kappa shape index (κ2) is 10.2. The van der Waals surface area contributed by atoms with Gasteiger partial charge in [-0.3, -0.25) is 9.78 Å². The zero-order valence-corrected chi connectivity index (χ0v) is 19.8. The van der Waals surface area contributed by atoms with Crippen LogP contribution in [0.2, 0.25) is 5.02 Å². The lowest BCUT2D eigenvalue weighted by molar-refractivity contribution is -0.136. The van der Waals surface area contributed by atoms with Crippen LogP contribution in [0.25, 0.3) is 0 Å². The molecule has 1 amide bonds. The van der Waals surface area contributed by atoms with Crippen LogP contribution in [0, 0.1) is 0 Å². The van der Waals surface area contributed by atoms with Crippen molar-refractivity contribution in [2.24, 2.45) is 4.99 Å². The molecule has 0 fully saturated rings. The van der Waals surface area contributed by atoms with Gasteiger partial charge in [0.2, 0.25) is 5.91 Å². The van der Waals surface area contributed by atoms with Crippen molar-refractivity contribution >= 4 is 40.4 Å². The van der Waals surface area contributed by atoms with Gasteiger partial charge in [-0.25, -0.2) is 9.79 Å². The van der Waals surface area contributed by atoms with Crippen molar-refractivity contribution in [1.29, 1.82) is 0 Å². The average molecular weight is 483 g/mol. The quantitative estimate of drug-likeness (QED) is 0.581. The second-order valence-corrected chi connectivity index (χ2v) is 8.74. The largest absolute Gasteiger partial charge is 0.466 e. The molecular weight excluding hydrogens is 460 g/mol. The predicted octanol–water partition coefficient (Wildman–Crippen LogP) is 4.58. The summed E-state index contributed by atoms with van der Waals surface area (Å²) < 4.78 is 5.12. The minimum Gasteiger partial charge on any atom is -0.466 e. The molecule has 2 aromatic rings. The first kappa shape index (κ1) is 23.1. The zero-order chi connectivity index (χ0) is 23.4. The van der Waals surface area contributed by atoms with E-state index in [1.807, 2.05) is 47.6 Å². The number of fused-ring (bicyclic) bond motifs is 1. The minimum atomic E-state index is -0.493. The number of amides is 1. The Morgan fingerprint density at radius 1 is 1.24 bits per heavy atom. The van der Waals surface area contributed by atoms with E-state index in [2.05, 4.69) is 10.3 Å². The number of carbonyl (C=O) groups is 2. The number of nitrogens with zero attached hydrogens (tertiary/aromatic N) is 3. The normalized spacial score (nSPS) is 17.3. The van der Waals surface area contributed by atoms with Gasteiger partial charge in [-0.1, -0.05) is 42.4 Å². The zero-order valence-electron chi connectivity index (χ0n) is 18.2. The molecule has 0 saturated heterocycles. The van der Waals surface area contributed by atoms with Crippen LogP contribution in [0.4, 0.5) is 0 Å². The van der Waals surface area contributed by atoms with Crippen molar-refractivity contribution in [2.45, 2.75) is 32.4 Å². The second-order valence-electron chi connectivity index (χ2n) is 7.46. The molecule has 1 unspecified atom stereocenters. The van der Waals surface area contributed by atoms with Crippen molar-refractivity contribution in [3.05, 3.63) is 87.3 Å². The fourth-order valence-electron chi connectivity index (χ4n) is 3.83. The Labute approximate surface area is 201 Å². The Kier molecular flexibility index (Phi) is 7.15. The van der Waals surface area contributed by atoms with Crippen LogP contribution in [0.15, 0.2) is 76.2 Å². The maximum Gasteiger partial charge on any atom is 0.338 e. The number of halogens is 1. The van der Waals surface area contributed by atoms with Gasteiger partial charge >= 0.3 is 5.97 Å². The number of rotatable bonds is 7. The smallest absolute Gasteiger partial charge is 0.338 e. The van der Waals surface area contributed by atoms with Crippen molar-refractivity contribution in [2.75, 3.05) is 7.11 Å². The van der Waals surface area contributed by atoms with Crippen LogP contribution in [-0.2, 0) is 20.9 Å². The highest BCUT2D eigenvalue weighted by atomic mass is 35.5. The van der Waals surface area contributed by atoms with E-state index in [1.54, 1.807) is 18.5 Å². The number of aromatic nitrogens is 1. The summed E-state index contributed by atoms with van der Waals surface area (Å²) in [6.45, 7) is 2.36. The molecule has 1 aromatic heterocycles. The minimum absolute atomic E-state index is 0.130. The maximum atomic E-state index is 12.9. The summed E-state index contributed by atoms with van der Waals surface area (Å²) in [6, 6.07) is 10.6. The molecule has 9 heteroatoms. The number of ether oxygens (including phenoxy) is 1. The summed E-state index contributed by atoms with van der Waals surface area (Å²) >= 11 is 7.73. The Bertz CT molecular complexity index is 1160. The molecule has 0 saturated carbocycles. The first-order chi connectivity index (χ1) is 16.0. The predicted molar refractivity (Wildman–Crippen MR) is 129 cm³/mol. The molecule has 170 valence electrons. The molecule has 1 atom stereocenters. The fraction of sp³-hybridized carbons (Fsp3) is 0.250. The van der Waals surface area contributed by atoms with Crippen LogP contribution in [0.5, 0.6) is 0 Å². The fourth-order valence-corrected chi connectivity index (χ4v) is 4.97. The highest BCUT2D eigenvalue weighted by Gasteiger charge is 2.41. The number of aliphatic imine (C=N–C) groups is 1. The van der Waals surface area contributed by atoms with Crippen molar-refractivity contribution in [3.63, 3.8) is 0 Å². The van der Waals surface area contributed by atoms with Crippen LogP contribution in [0.3, 0.4) is 0 Å². The Morgan fingerprint density at radius 2 is 2.03 bits per heavy atom. The summed E-state index contributed by atoms with van der Waals surface area (Å²) in [5.41, 5.74) is 3.67. The lowest BCUT2D eigenvalue weighted by atomic mass is 9.93. The van der Waals surface area contributed by atoms with Gasteiger partial charge in [0.25, 0.3) is 0 Å². The third kappa shape index (κ3) is 4.96. The number of pyridine rings is 1. The Hall–Kier alpha value is -3.10. The molecular formula is C24H23ClN4O3S. The number of benzene rings is 1. The number of amidine groups is 1. The Morgan fingerprint density at radius 3 is 2.73 bits per heavy atom. The third-order valence-electron chi connectivity index (χ3n) is 5.37. The van der Waals surface area contributed by atoms with Gasteiger partial charge in [-0.05, 0) is 47.2 Å². The van der Waals surface area contributed by atoms with Crippen LogP contribution >= 0.6 is 23.4 Å². The molecule has 0 spiro atoms. The third-order valence-corrected chi connectivity index (χ3v) is 6.50. The van der Waals surface area contributed by atoms with E-state index in [0.717, 1.165) is 22.0 Å². The molecule has 4 rings (SSSR count). The number of methoxy groups -OCH3 is 1. The van der Waals surface area contributed by atoms with E-state index in [1.165, 1.54) is 18.9 Å². The first-order valence-corrected chi connectivity index (χ1v) is 11.7. The van der Waals surface area contributed by atoms with Crippen molar-refractivity contribution in [1.82, 2.24) is 15.2 Å². The number of esters is 1. The average Bonchev–Trinajstić information content (AvgIpc) is 3.23. The van der Waals surface area contributed by atoms with Crippen LogP contribution < -0.4 is 5.32 Å². The summed E-state index contributed by atoms with van der Waals surface area (Å²) in [5.74, 6) is -0.576. The summed E-state index contributed by atoms with van der Waals surface area (Å²) in [6.07, 6.45) is 4.09. The maximum absolute atomic E-state index is 12.9. The number of hydrogen-bond donors (Lipinski definition) is 1. The monoisotopic (exact) mass is 482 g/mol. The highest BCUT2D eigenvalue weighted by molar-refractivity contribution is 8.16. The lowest BCUT2D eigenvalue weighted by Crippen LogP contribution is -2.38. The van der Waals surface area contributed by atoms with E-state index in [4.69, 9.17) is 21.3 Å². The highest BCUT2D eigenvalue weighted by Crippen LogP contribution is 2.45. The van der Waals surface area contributed by atoms with Crippen molar-refractivity contribution in [3.8, 4) is 0 Å². The molecule has 33 heavy (non-hydrogen) atoms. The number of nitrogens with one attached hydrogen (secondary N) is 1. The molecule has 7 nitrogen and oxygen atoms in total. The summed E-state index contributed by atoms with van der Waals surface area (Å²) in [4.78, 5) is 36.3. The lowest BCUT2D eigenvalue weighted by Gasteiger charge is -2.36. The SMILES string of the molecule is CCC1=C(C(=O)OC)C(c2cccc(Cl)c2)N2C(CC(=O)NCc3ccncc3)=CSC2=N1. The molecule has 1 N–H and O–H groups in total. The number of hydrogen-bond acceptors (Lipinski definition) is 7. The molecule has 1 aromatic carbocycles. The van der Waals surface area contributed by atoms with E-state index in [-0.39, 0.29) is 12.3 Å². The molecule has 0 aliphatic carbocycles. The van der Waals surface area contributed by atoms with Crippen molar-refractivity contribution < 1.29 is 14.3 Å². The van der Waals surface area contributed by atoms with E-state index >= 15 is 0 Å². The molecule has 2 aliphatic heterocycles. The van der Waals surface area contributed by atoms with E-state index in [9.17, 15) is 9.59 Å². The van der Waals surface area contributed by atoms with E-state index in [0.29, 0.717) is 29.3 Å². The molecule has 0 bridgehead atoms. The number of carbonyl (C=O) groups excluding carboxylic acids is 2. The molecule has 2 aliphatic rings. The number of thioether (sulfide) groups is 1. The first-order valence-electron chi connectivity index (χ1n) is 10.5. The van der Waals surface area contributed by atoms with Gasteiger partial charge in [0.1, 0.15) is 0 Å². The Balaban J connectivity index is 1.64. The summed E-state index contributed by atoms with van der Waals surface area (Å²) in [7, 11) is 1.36. The van der Waals surface area contributed by atoms with Gasteiger partial charge in [0.05, 0.1) is 30.8 Å². The van der Waals surface area contributed by atoms with Gasteiger partial charge < -0.3 is 15.0 Å². The molecule has 3 heterocycles. The van der Waals surface area contributed by atoms with Crippen LogP contribution in [0.1, 0.15) is 36.9 Å². The molecule has 0 radical (unpaired) electrons. The van der Waals surface area contributed by atoms with Gasteiger partial charge in [0.15, 0.2) is 5.17 Å². The van der Waals surface area contributed by atoms with Gasteiger partial charge in [-0.15, -0.1) is 0 Å². The standard InChI is InChI=1S/C24H23ClN4O3S/c1-3-19-21(23(31)32-2)22(16-5-4-6-17(25)11-16)29-18(14-33-24(29)28-19)12-20(30)27-13-15-7-9-26-10-8-15/h4-11,14,22H,3,12-13H2,1-2H3,(H,27,30). The van der Waals surface area contributed by atoms with Crippen LogP contribution in [-0.4, -0.2) is 34.0 Å². The topological polar surface area (TPSA) is 83.9 Å². The summed E-state index contributed by atoms with van der Waals surface area (Å²) in [5, 5.41) is 6.14. The van der Waals surface area contributed by atoms with Gasteiger partial charge in [0, 0.05) is 29.7 Å². The van der Waals surface area contributed by atoms with Gasteiger partial charge in [-0.2, -0.15) is 0 Å². The number of allylic oxidation sites excluding steroid dienone is 1. The van der Waals surface area contributed by atoms with E-state index < -0.39 is 12.0 Å².